The van der Waals surface area contributed by atoms with E-state index in [0.717, 1.165) is 49.6 Å². The Morgan fingerprint density at radius 3 is 2.77 bits per heavy atom. The molecule has 1 aliphatic rings. The van der Waals surface area contributed by atoms with Gasteiger partial charge in [-0.15, -0.1) is 0 Å². The van der Waals surface area contributed by atoms with Crippen molar-refractivity contribution in [2.75, 3.05) is 18.4 Å². The van der Waals surface area contributed by atoms with E-state index in [2.05, 4.69) is 20.5 Å². The standard InChI is InChI=1S/C18H23N7O/c1-3-24-12-8-16(22-24)18(26)23-10-6-14(7-11-23)20-15-5-4-9-25-17(15)19-13(2)21-25/h4-5,8-9,12,14,20H,3,6-7,10-11H2,1-2H3. The minimum Gasteiger partial charge on any atom is -0.379 e. The van der Waals surface area contributed by atoms with Crippen molar-refractivity contribution >= 4 is 17.2 Å². The second-order valence-corrected chi connectivity index (χ2v) is 6.62. The predicted molar refractivity (Wildman–Crippen MR) is 98.2 cm³/mol. The van der Waals surface area contributed by atoms with E-state index in [1.54, 1.807) is 15.3 Å². The fraction of sp³-hybridized carbons (Fsp3) is 0.444. The lowest BCUT2D eigenvalue weighted by Gasteiger charge is -2.32. The summed E-state index contributed by atoms with van der Waals surface area (Å²) in [6.07, 6.45) is 5.54. The van der Waals surface area contributed by atoms with Gasteiger partial charge >= 0.3 is 0 Å². The topological polar surface area (TPSA) is 80.4 Å². The van der Waals surface area contributed by atoms with E-state index in [9.17, 15) is 4.79 Å². The van der Waals surface area contributed by atoms with E-state index in [4.69, 9.17) is 0 Å². The van der Waals surface area contributed by atoms with Gasteiger partial charge in [-0.05, 0) is 44.9 Å². The van der Waals surface area contributed by atoms with E-state index in [0.29, 0.717) is 11.7 Å². The predicted octanol–water partition coefficient (Wildman–Crippen LogP) is 1.97. The van der Waals surface area contributed by atoms with Crippen molar-refractivity contribution in [1.29, 1.82) is 0 Å². The quantitative estimate of drug-likeness (QED) is 0.776. The molecule has 0 unspecified atom stereocenters. The number of aryl methyl sites for hydroxylation is 2. The zero-order chi connectivity index (χ0) is 18.1. The van der Waals surface area contributed by atoms with Gasteiger partial charge < -0.3 is 10.2 Å². The molecule has 0 aliphatic carbocycles. The lowest BCUT2D eigenvalue weighted by molar-refractivity contribution is 0.0711. The number of anilines is 1. The molecule has 0 saturated carbocycles. The summed E-state index contributed by atoms with van der Waals surface area (Å²) in [7, 11) is 0. The normalized spacial score (nSPS) is 15.5. The summed E-state index contributed by atoms with van der Waals surface area (Å²) in [5.41, 5.74) is 2.36. The molecule has 1 fully saturated rings. The number of hydrogen-bond donors (Lipinski definition) is 1. The van der Waals surface area contributed by atoms with E-state index < -0.39 is 0 Å². The number of piperidine rings is 1. The minimum absolute atomic E-state index is 0.0193. The Morgan fingerprint density at radius 2 is 2.04 bits per heavy atom. The van der Waals surface area contributed by atoms with Crippen molar-refractivity contribution in [3.8, 4) is 0 Å². The SMILES string of the molecule is CCn1ccc(C(=O)N2CCC(Nc3cccn4nc(C)nc34)CC2)n1. The average molecular weight is 353 g/mol. The Labute approximate surface area is 151 Å². The minimum atomic E-state index is 0.0193. The molecule has 8 heteroatoms. The van der Waals surface area contributed by atoms with Crippen LogP contribution in [0.25, 0.3) is 5.65 Å². The summed E-state index contributed by atoms with van der Waals surface area (Å²) in [6, 6.07) is 6.10. The first-order chi connectivity index (χ1) is 12.6. The van der Waals surface area contributed by atoms with Crippen molar-refractivity contribution in [3.05, 3.63) is 42.1 Å². The number of carbonyl (C=O) groups is 1. The summed E-state index contributed by atoms with van der Waals surface area (Å²) in [5, 5.41) is 12.2. The number of hydrogen-bond acceptors (Lipinski definition) is 5. The number of nitrogens with one attached hydrogen (secondary N) is 1. The smallest absolute Gasteiger partial charge is 0.274 e. The maximum atomic E-state index is 12.6. The van der Waals surface area contributed by atoms with E-state index >= 15 is 0 Å². The molecule has 0 radical (unpaired) electrons. The van der Waals surface area contributed by atoms with Crippen LogP contribution in [0.15, 0.2) is 30.6 Å². The van der Waals surface area contributed by atoms with E-state index in [1.807, 2.05) is 43.3 Å². The highest BCUT2D eigenvalue weighted by Crippen LogP contribution is 2.21. The number of carbonyl (C=O) groups excluding carboxylic acids is 1. The highest BCUT2D eigenvalue weighted by Gasteiger charge is 2.25. The molecule has 26 heavy (non-hydrogen) atoms. The molecule has 3 aromatic rings. The number of amides is 1. The van der Waals surface area contributed by atoms with Gasteiger partial charge in [0.15, 0.2) is 5.65 Å². The second-order valence-electron chi connectivity index (χ2n) is 6.62. The van der Waals surface area contributed by atoms with Gasteiger partial charge in [-0.25, -0.2) is 9.50 Å². The Bertz CT molecular complexity index is 921. The van der Waals surface area contributed by atoms with Gasteiger partial charge in [0.25, 0.3) is 5.91 Å². The zero-order valence-corrected chi connectivity index (χ0v) is 15.1. The summed E-state index contributed by atoms with van der Waals surface area (Å²) in [4.78, 5) is 19.0. The molecule has 4 heterocycles. The highest BCUT2D eigenvalue weighted by atomic mass is 16.2. The molecule has 4 rings (SSSR count). The van der Waals surface area contributed by atoms with Crippen LogP contribution in [-0.2, 0) is 6.54 Å². The summed E-state index contributed by atoms with van der Waals surface area (Å²) in [6.45, 7) is 6.12. The van der Waals surface area contributed by atoms with Crippen molar-refractivity contribution in [2.24, 2.45) is 0 Å². The third-order valence-corrected chi connectivity index (χ3v) is 4.79. The van der Waals surface area contributed by atoms with Gasteiger partial charge in [0.05, 0.1) is 5.69 Å². The fourth-order valence-electron chi connectivity index (χ4n) is 3.39. The van der Waals surface area contributed by atoms with Crippen LogP contribution >= 0.6 is 0 Å². The maximum Gasteiger partial charge on any atom is 0.274 e. The Balaban J connectivity index is 1.39. The number of aromatic nitrogens is 5. The van der Waals surface area contributed by atoms with Crippen LogP contribution in [0.5, 0.6) is 0 Å². The molecule has 0 atom stereocenters. The first kappa shape index (κ1) is 16.6. The first-order valence-electron chi connectivity index (χ1n) is 9.05. The third-order valence-electron chi connectivity index (χ3n) is 4.79. The molecule has 1 N–H and O–H groups in total. The first-order valence-corrected chi connectivity index (χ1v) is 9.05. The van der Waals surface area contributed by atoms with Crippen molar-refractivity contribution in [2.45, 2.75) is 39.3 Å². The molecule has 1 aliphatic heterocycles. The number of pyridine rings is 1. The number of rotatable bonds is 4. The Hall–Kier alpha value is -2.90. The lowest BCUT2D eigenvalue weighted by Crippen LogP contribution is -2.42. The second kappa shape index (κ2) is 6.78. The third kappa shape index (κ3) is 3.14. The summed E-state index contributed by atoms with van der Waals surface area (Å²) < 4.78 is 3.57. The van der Waals surface area contributed by atoms with Gasteiger partial charge in [-0.1, -0.05) is 0 Å². The molecule has 136 valence electrons. The van der Waals surface area contributed by atoms with E-state index in [1.165, 1.54) is 0 Å². The summed E-state index contributed by atoms with van der Waals surface area (Å²) >= 11 is 0. The molecule has 1 amide bonds. The molecule has 1 saturated heterocycles. The fourth-order valence-corrected chi connectivity index (χ4v) is 3.39. The van der Waals surface area contributed by atoms with Crippen LogP contribution in [0, 0.1) is 6.92 Å². The van der Waals surface area contributed by atoms with Crippen molar-refractivity contribution in [1.82, 2.24) is 29.3 Å². The number of nitrogens with zero attached hydrogens (tertiary/aromatic N) is 6. The summed E-state index contributed by atoms with van der Waals surface area (Å²) in [5.74, 6) is 0.775. The molecule has 8 nitrogen and oxygen atoms in total. The molecule has 0 aromatic carbocycles. The van der Waals surface area contributed by atoms with Crippen molar-refractivity contribution < 1.29 is 4.79 Å². The van der Waals surface area contributed by atoms with Crippen LogP contribution in [0.4, 0.5) is 5.69 Å². The van der Waals surface area contributed by atoms with E-state index in [-0.39, 0.29) is 5.91 Å². The molecule has 0 bridgehead atoms. The number of fused-ring (bicyclic) bond motifs is 1. The Kier molecular flexibility index (Phi) is 4.32. The maximum absolute atomic E-state index is 12.6. The van der Waals surface area contributed by atoms with Crippen LogP contribution in [-0.4, -0.2) is 54.3 Å². The average Bonchev–Trinajstić information content (AvgIpc) is 3.28. The molecular weight excluding hydrogens is 330 g/mol. The van der Waals surface area contributed by atoms with Crippen LogP contribution in [0.1, 0.15) is 36.1 Å². The van der Waals surface area contributed by atoms with Crippen LogP contribution in [0.3, 0.4) is 0 Å². The lowest BCUT2D eigenvalue weighted by atomic mass is 10.0. The zero-order valence-electron chi connectivity index (χ0n) is 15.1. The van der Waals surface area contributed by atoms with Crippen LogP contribution < -0.4 is 5.32 Å². The largest absolute Gasteiger partial charge is 0.379 e. The molecule has 3 aromatic heterocycles. The van der Waals surface area contributed by atoms with Gasteiger partial charge in [-0.2, -0.15) is 10.2 Å². The van der Waals surface area contributed by atoms with Gasteiger partial charge in [-0.3, -0.25) is 9.48 Å². The van der Waals surface area contributed by atoms with Crippen molar-refractivity contribution in [3.63, 3.8) is 0 Å². The number of likely N-dealkylation sites (tertiary alicyclic amines) is 1. The van der Waals surface area contributed by atoms with Gasteiger partial charge in [0, 0.05) is 38.1 Å². The van der Waals surface area contributed by atoms with Crippen LogP contribution in [0.2, 0.25) is 0 Å². The molecular formula is C18H23N7O. The highest BCUT2D eigenvalue weighted by molar-refractivity contribution is 5.92. The van der Waals surface area contributed by atoms with Gasteiger partial charge in [0.2, 0.25) is 0 Å². The Morgan fingerprint density at radius 1 is 1.23 bits per heavy atom. The van der Waals surface area contributed by atoms with Gasteiger partial charge in [0.1, 0.15) is 11.5 Å². The molecule has 0 spiro atoms. The monoisotopic (exact) mass is 353 g/mol.